The molecule has 0 unspecified atom stereocenters. The van der Waals surface area contributed by atoms with E-state index in [1.165, 1.54) is 24.3 Å². The SMILES string of the molecule is Cc1ccc(S(=O)(=O)N(C#CC#CN(Cc2ccccc2)S(=O)(=O)c2ccc(C)cc2)Cc2ccccc2)cc1. The summed E-state index contributed by atoms with van der Waals surface area (Å²) in [5.41, 5.74) is 3.35. The van der Waals surface area contributed by atoms with Gasteiger partial charge in [0.15, 0.2) is 0 Å². The van der Waals surface area contributed by atoms with Gasteiger partial charge >= 0.3 is 0 Å². The average Bonchev–Trinajstić information content (AvgIpc) is 2.95. The molecule has 4 aromatic carbocycles. The van der Waals surface area contributed by atoms with E-state index in [1.807, 2.05) is 50.2 Å². The maximum atomic E-state index is 13.5. The fourth-order valence-corrected chi connectivity index (χ4v) is 6.16. The van der Waals surface area contributed by atoms with Gasteiger partial charge in [0.1, 0.15) is 0 Å². The van der Waals surface area contributed by atoms with Crippen LogP contribution in [0.5, 0.6) is 0 Å². The average molecular weight is 569 g/mol. The van der Waals surface area contributed by atoms with Gasteiger partial charge in [-0.2, -0.15) is 0 Å². The van der Waals surface area contributed by atoms with Gasteiger partial charge in [-0.15, -0.1) is 0 Å². The molecule has 0 aliphatic carbocycles. The first-order valence-electron chi connectivity index (χ1n) is 12.4. The van der Waals surface area contributed by atoms with E-state index < -0.39 is 20.0 Å². The van der Waals surface area contributed by atoms with Gasteiger partial charge in [0.25, 0.3) is 20.0 Å². The molecule has 6 nitrogen and oxygen atoms in total. The Morgan fingerprint density at radius 2 is 0.825 bits per heavy atom. The van der Waals surface area contributed by atoms with Crippen molar-refractivity contribution in [2.24, 2.45) is 0 Å². The minimum Gasteiger partial charge on any atom is -0.219 e. The Morgan fingerprint density at radius 3 is 1.15 bits per heavy atom. The zero-order valence-corrected chi connectivity index (χ0v) is 23.8. The lowest BCUT2D eigenvalue weighted by molar-refractivity contribution is 0.507. The summed E-state index contributed by atoms with van der Waals surface area (Å²) in [6.45, 7) is 3.75. The summed E-state index contributed by atoms with van der Waals surface area (Å²) < 4.78 is 55.9. The molecule has 8 heteroatoms. The predicted molar refractivity (Wildman–Crippen MR) is 156 cm³/mol. The highest BCUT2D eigenvalue weighted by Crippen LogP contribution is 2.20. The van der Waals surface area contributed by atoms with Gasteiger partial charge in [0, 0.05) is 23.9 Å². The fraction of sp³-hybridized carbons (Fsp3) is 0.125. The molecule has 0 radical (unpaired) electrons. The van der Waals surface area contributed by atoms with Crippen LogP contribution in [0.4, 0.5) is 0 Å². The van der Waals surface area contributed by atoms with Gasteiger partial charge in [-0.1, -0.05) is 96.1 Å². The van der Waals surface area contributed by atoms with Crippen LogP contribution in [0.2, 0.25) is 0 Å². The van der Waals surface area contributed by atoms with E-state index in [9.17, 15) is 16.8 Å². The molecule has 0 fully saturated rings. The molecule has 0 saturated heterocycles. The maximum absolute atomic E-state index is 13.5. The first kappa shape index (κ1) is 28.5. The minimum absolute atomic E-state index is 0.00112. The summed E-state index contributed by atoms with van der Waals surface area (Å²) in [7, 11) is -7.96. The van der Waals surface area contributed by atoms with E-state index in [0.29, 0.717) is 0 Å². The van der Waals surface area contributed by atoms with Crippen LogP contribution in [0.25, 0.3) is 0 Å². The maximum Gasteiger partial charge on any atom is 0.271 e. The lowest BCUT2D eigenvalue weighted by atomic mass is 10.2. The topological polar surface area (TPSA) is 74.8 Å². The summed E-state index contributed by atoms with van der Waals surface area (Å²) in [6.07, 6.45) is 0. The van der Waals surface area contributed by atoms with Crippen molar-refractivity contribution in [3.63, 3.8) is 0 Å². The molecule has 0 aliphatic rings. The van der Waals surface area contributed by atoms with Crippen LogP contribution >= 0.6 is 0 Å². The summed E-state index contributed by atoms with van der Waals surface area (Å²) in [4.78, 5) is 0.202. The van der Waals surface area contributed by atoms with Crippen LogP contribution in [-0.2, 0) is 33.1 Å². The second-order valence-corrected chi connectivity index (χ2v) is 12.8. The van der Waals surface area contributed by atoms with Crippen molar-refractivity contribution in [2.75, 3.05) is 0 Å². The number of rotatable bonds is 8. The van der Waals surface area contributed by atoms with Crippen LogP contribution in [0.15, 0.2) is 119 Å². The predicted octanol–water partition coefficient (Wildman–Crippen LogP) is 5.31. The first-order valence-corrected chi connectivity index (χ1v) is 15.3. The van der Waals surface area contributed by atoms with E-state index in [1.54, 1.807) is 48.5 Å². The van der Waals surface area contributed by atoms with Crippen molar-refractivity contribution in [3.8, 4) is 23.9 Å². The van der Waals surface area contributed by atoms with E-state index in [0.717, 1.165) is 30.9 Å². The molecule has 0 heterocycles. The highest BCUT2D eigenvalue weighted by Gasteiger charge is 2.23. The van der Waals surface area contributed by atoms with Gasteiger partial charge in [-0.25, -0.2) is 25.4 Å². The van der Waals surface area contributed by atoms with Gasteiger partial charge in [0.2, 0.25) is 0 Å². The second kappa shape index (κ2) is 12.6. The minimum atomic E-state index is -3.98. The van der Waals surface area contributed by atoms with E-state index in [2.05, 4.69) is 23.9 Å². The molecule has 4 rings (SSSR count). The zero-order valence-electron chi connectivity index (χ0n) is 22.2. The molecule has 0 saturated carbocycles. The third-order valence-electron chi connectivity index (χ3n) is 5.98. The standard InChI is InChI=1S/C32H28N2O4S2/c1-27-15-19-31(20-16-27)39(35,36)33(25-29-11-5-3-6-12-29)23-9-10-24-34(26-30-13-7-4-8-14-30)40(37,38)32-21-17-28(2)18-22-32/h3-8,11-22H,25-26H2,1-2H3. The van der Waals surface area contributed by atoms with Gasteiger partial charge < -0.3 is 0 Å². The Labute approximate surface area is 237 Å². The van der Waals surface area contributed by atoms with Crippen molar-refractivity contribution < 1.29 is 16.8 Å². The number of nitrogens with zero attached hydrogens (tertiary/aromatic N) is 2. The van der Waals surface area contributed by atoms with E-state index in [-0.39, 0.29) is 22.9 Å². The van der Waals surface area contributed by atoms with Crippen LogP contribution in [0, 0.1) is 37.8 Å². The quantitative estimate of drug-likeness (QED) is 0.213. The van der Waals surface area contributed by atoms with Crippen LogP contribution in [0.3, 0.4) is 0 Å². The van der Waals surface area contributed by atoms with Crippen molar-refractivity contribution in [3.05, 3.63) is 131 Å². The molecule has 0 bridgehead atoms. The van der Waals surface area contributed by atoms with Crippen LogP contribution < -0.4 is 0 Å². The third kappa shape index (κ3) is 7.12. The molecule has 0 spiro atoms. The largest absolute Gasteiger partial charge is 0.271 e. The van der Waals surface area contributed by atoms with Crippen molar-refractivity contribution in [1.29, 1.82) is 0 Å². The highest BCUT2D eigenvalue weighted by atomic mass is 32.2. The number of benzene rings is 4. The van der Waals surface area contributed by atoms with Crippen molar-refractivity contribution in [1.82, 2.24) is 8.61 Å². The Kier molecular flexibility index (Phi) is 8.96. The summed E-state index contributed by atoms with van der Waals surface area (Å²) >= 11 is 0. The summed E-state index contributed by atoms with van der Waals surface area (Å²) in [5, 5.41) is 0. The number of hydrogen-bond acceptors (Lipinski definition) is 4. The lowest BCUT2D eigenvalue weighted by Gasteiger charge is -2.18. The highest BCUT2D eigenvalue weighted by molar-refractivity contribution is 7.89. The third-order valence-corrected chi connectivity index (χ3v) is 9.32. The molecule has 202 valence electrons. The van der Waals surface area contributed by atoms with Crippen LogP contribution in [0.1, 0.15) is 22.3 Å². The molecule has 0 aliphatic heterocycles. The lowest BCUT2D eigenvalue weighted by Crippen LogP contribution is -2.26. The summed E-state index contributed by atoms with van der Waals surface area (Å²) in [6, 6.07) is 36.5. The van der Waals surface area contributed by atoms with Crippen molar-refractivity contribution in [2.45, 2.75) is 36.7 Å². The van der Waals surface area contributed by atoms with Gasteiger partial charge in [0.05, 0.1) is 22.9 Å². The van der Waals surface area contributed by atoms with Crippen molar-refractivity contribution >= 4 is 20.0 Å². The van der Waals surface area contributed by atoms with E-state index in [4.69, 9.17) is 0 Å². The Hall–Kier alpha value is -4.50. The Balaban J connectivity index is 1.70. The second-order valence-electron chi connectivity index (χ2n) is 9.09. The molecular weight excluding hydrogens is 540 g/mol. The Morgan fingerprint density at radius 1 is 0.500 bits per heavy atom. The van der Waals surface area contributed by atoms with Crippen LogP contribution in [-0.4, -0.2) is 25.4 Å². The smallest absolute Gasteiger partial charge is 0.219 e. The fourth-order valence-electron chi connectivity index (χ4n) is 3.72. The van der Waals surface area contributed by atoms with Gasteiger partial charge in [-0.05, 0) is 49.2 Å². The zero-order chi connectivity index (χ0) is 28.6. The van der Waals surface area contributed by atoms with E-state index >= 15 is 0 Å². The summed E-state index contributed by atoms with van der Waals surface area (Å²) in [5.74, 6) is 5.14. The monoisotopic (exact) mass is 568 g/mol. The molecule has 40 heavy (non-hydrogen) atoms. The molecule has 0 N–H and O–H groups in total. The molecule has 4 aromatic rings. The molecule has 0 aromatic heterocycles. The number of hydrogen-bond donors (Lipinski definition) is 0. The first-order chi connectivity index (χ1) is 19.2. The molecular formula is C32H28N2O4S2. The number of sulfonamides is 2. The van der Waals surface area contributed by atoms with Gasteiger partial charge in [-0.3, -0.25) is 0 Å². The normalized spacial score (nSPS) is 10.9. The Bertz CT molecular complexity index is 1640. The number of aryl methyl sites for hydroxylation is 2. The molecule has 0 amide bonds. The molecule has 0 atom stereocenters.